The molecule has 0 N–H and O–H groups in total. The van der Waals surface area contributed by atoms with E-state index < -0.39 is 5.97 Å². The Kier molecular flexibility index (Phi) is 4.94. The maximum absolute atomic E-state index is 10.5. The molecule has 0 aliphatic carbocycles. The molecule has 3 nitrogen and oxygen atoms in total. The molecule has 10 heavy (non-hydrogen) atoms. The third-order valence-corrected chi connectivity index (χ3v) is 1.12. The summed E-state index contributed by atoms with van der Waals surface area (Å²) in [7, 11) is 0. The van der Waals surface area contributed by atoms with E-state index in [0.717, 1.165) is 0 Å². The summed E-state index contributed by atoms with van der Waals surface area (Å²) in [6.07, 6.45) is 0.384. The third kappa shape index (κ3) is 4.32. The molecule has 0 saturated carbocycles. The molecule has 0 aromatic heterocycles. The average molecular weight is 165 g/mol. The zero-order valence-electron chi connectivity index (χ0n) is 5.72. The van der Waals surface area contributed by atoms with Crippen molar-refractivity contribution in [3.8, 4) is 0 Å². The van der Waals surface area contributed by atoms with E-state index in [1.165, 1.54) is 0 Å². The standard InChI is InChI=1S/C6H9ClO3/c1-2-5(8)4-10-6(9)3-7/h2-4H2,1H3. The highest BCUT2D eigenvalue weighted by Crippen LogP contribution is 1.86. The number of alkyl halides is 1. The lowest BCUT2D eigenvalue weighted by Crippen LogP contribution is -2.13. The molecular weight excluding hydrogens is 156 g/mol. The smallest absolute Gasteiger partial charge is 0.321 e. The molecule has 0 amide bonds. The first-order valence-electron chi connectivity index (χ1n) is 2.94. The number of hydrogen-bond donors (Lipinski definition) is 0. The summed E-state index contributed by atoms with van der Waals surface area (Å²) in [5.74, 6) is -0.848. The summed E-state index contributed by atoms with van der Waals surface area (Å²) in [4.78, 5) is 20.8. The minimum atomic E-state index is -0.552. The molecule has 0 atom stereocenters. The summed E-state index contributed by atoms with van der Waals surface area (Å²) in [6.45, 7) is 1.55. The molecule has 58 valence electrons. The van der Waals surface area contributed by atoms with E-state index in [1.54, 1.807) is 6.92 Å². The van der Waals surface area contributed by atoms with Crippen molar-refractivity contribution < 1.29 is 14.3 Å². The predicted octanol–water partition coefficient (Wildman–Crippen LogP) is 0.748. The van der Waals surface area contributed by atoms with Crippen LogP contribution in [0.1, 0.15) is 13.3 Å². The van der Waals surface area contributed by atoms with Gasteiger partial charge in [-0.15, -0.1) is 11.6 Å². The van der Waals surface area contributed by atoms with E-state index in [4.69, 9.17) is 11.6 Å². The number of carbonyl (C=O) groups is 2. The SMILES string of the molecule is CCC(=O)COC(=O)CCl. The van der Waals surface area contributed by atoms with Crippen LogP contribution in [0.15, 0.2) is 0 Å². The van der Waals surface area contributed by atoms with Crippen LogP contribution in [0, 0.1) is 0 Å². The molecule has 0 radical (unpaired) electrons. The summed E-state index contributed by atoms with van der Waals surface area (Å²) < 4.78 is 4.42. The highest BCUT2D eigenvalue weighted by Gasteiger charge is 2.02. The lowest BCUT2D eigenvalue weighted by atomic mass is 10.3. The molecule has 4 heteroatoms. The van der Waals surface area contributed by atoms with E-state index >= 15 is 0 Å². The van der Waals surface area contributed by atoms with Gasteiger partial charge < -0.3 is 4.74 Å². The van der Waals surface area contributed by atoms with Crippen molar-refractivity contribution in [2.75, 3.05) is 12.5 Å². The van der Waals surface area contributed by atoms with Gasteiger partial charge in [0.15, 0.2) is 5.78 Å². The molecule has 0 heterocycles. The Hall–Kier alpha value is -0.570. The van der Waals surface area contributed by atoms with Crippen LogP contribution in [0.4, 0.5) is 0 Å². The number of ketones is 1. The third-order valence-electron chi connectivity index (χ3n) is 0.898. The molecule has 0 rings (SSSR count). The van der Waals surface area contributed by atoms with Crippen molar-refractivity contribution in [2.24, 2.45) is 0 Å². The number of hydrogen-bond acceptors (Lipinski definition) is 3. The first kappa shape index (κ1) is 9.43. The maximum Gasteiger partial charge on any atom is 0.321 e. The van der Waals surface area contributed by atoms with Crippen molar-refractivity contribution in [3.05, 3.63) is 0 Å². The molecule has 0 aliphatic heterocycles. The van der Waals surface area contributed by atoms with Crippen LogP contribution in [0.25, 0.3) is 0 Å². The summed E-state index contributed by atoms with van der Waals surface area (Å²) in [5.41, 5.74) is 0. The number of esters is 1. The van der Waals surface area contributed by atoms with Crippen LogP contribution in [-0.2, 0) is 14.3 Å². The summed E-state index contributed by atoms with van der Waals surface area (Å²) in [6, 6.07) is 0. The monoisotopic (exact) mass is 164 g/mol. The summed E-state index contributed by atoms with van der Waals surface area (Å²) >= 11 is 5.09. The molecule has 0 unspecified atom stereocenters. The van der Waals surface area contributed by atoms with Gasteiger partial charge in [-0.05, 0) is 0 Å². The van der Waals surface area contributed by atoms with Crippen LogP contribution < -0.4 is 0 Å². The van der Waals surface area contributed by atoms with Crippen LogP contribution in [0.3, 0.4) is 0 Å². The fourth-order valence-corrected chi connectivity index (χ4v) is 0.379. The molecule has 0 bridgehead atoms. The predicted molar refractivity (Wildman–Crippen MR) is 37.0 cm³/mol. The van der Waals surface area contributed by atoms with Crippen molar-refractivity contribution in [2.45, 2.75) is 13.3 Å². The van der Waals surface area contributed by atoms with E-state index in [2.05, 4.69) is 4.74 Å². The van der Waals surface area contributed by atoms with Crippen molar-refractivity contribution in [1.29, 1.82) is 0 Å². The molecular formula is C6H9ClO3. The van der Waals surface area contributed by atoms with E-state index in [9.17, 15) is 9.59 Å². The molecule has 0 aromatic rings. The summed E-state index contributed by atoms with van der Waals surface area (Å²) in [5, 5.41) is 0. The Morgan fingerprint density at radius 3 is 2.50 bits per heavy atom. The lowest BCUT2D eigenvalue weighted by molar-refractivity contribution is -0.145. The maximum atomic E-state index is 10.5. The van der Waals surface area contributed by atoms with Crippen LogP contribution in [0.2, 0.25) is 0 Å². The van der Waals surface area contributed by atoms with Gasteiger partial charge >= 0.3 is 5.97 Å². The van der Waals surface area contributed by atoms with Gasteiger partial charge in [-0.3, -0.25) is 9.59 Å². The largest absolute Gasteiger partial charge is 0.457 e. The zero-order chi connectivity index (χ0) is 7.98. The number of halogens is 1. The van der Waals surface area contributed by atoms with Crippen molar-refractivity contribution >= 4 is 23.4 Å². The van der Waals surface area contributed by atoms with E-state index in [0.29, 0.717) is 6.42 Å². The fraction of sp³-hybridized carbons (Fsp3) is 0.667. The fourth-order valence-electron chi connectivity index (χ4n) is 0.302. The average Bonchev–Trinajstić information content (AvgIpc) is 1.99. The second kappa shape index (κ2) is 5.23. The minimum Gasteiger partial charge on any atom is -0.457 e. The number of ether oxygens (including phenoxy) is 1. The van der Waals surface area contributed by atoms with Gasteiger partial charge in [-0.2, -0.15) is 0 Å². The van der Waals surface area contributed by atoms with Crippen LogP contribution >= 0.6 is 11.6 Å². The van der Waals surface area contributed by atoms with E-state index in [1.807, 2.05) is 0 Å². The second-order valence-corrected chi connectivity index (χ2v) is 1.95. The molecule has 0 fully saturated rings. The minimum absolute atomic E-state index is 0.0986. The highest BCUT2D eigenvalue weighted by atomic mass is 35.5. The Morgan fingerprint density at radius 1 is 1.50 bits per heavy atom. The lowest BCUT2D eigenvalue weighted by Gasteiger charge is -1.98. The van der Waals surface area contributed by atoms with Gasteiger partial charge in [0.1, 0.15) is 12.5 Å². The van der Waals surface area contributed by atoms with Gasteiger partial charge in [0.2, 0.25) is 0 Å². The first-order chi connectivity index (χ1) is 4.70. The van der Waals surface area contributed by atoms with Crippen molar-refractivity contribution in [1.82, 2.24) is 0 Å². The zero-order valence-corrected chi connectivity index (χ0v) is 6.48. The van der Waals surface area contributed by atoms with Gasteiger partial charge in [-0.25, -0.2) is 0 Å². The Morgan fingerprint density at radius 2 is 2.10 bits per heavy atom. The quantitative estimate of drug-likeness (QED) is 0.455. The Balaban J connectivity index is 3.35. The van der Waals surface area contributed by atoms with Gasteiger partial charge in [0, 0.05) is 6.42 Å². The molecule has 0 spiro atoms. The Labute approximate surface area is 64.3 Å². The van der Waals surface area contributed by atoms with Crippen LogP contribution in [-0.4, -0.2) is 24.2 Å². The highest BCUT2D eigenvalue weighted by molar-refractivity contribution is 6.26. The second-order valence-electron chi connectivity index (χ2n) is 1.69. The van der Waals surface area contributed by atoms with Gasteiger partial charge in [0.05, 0.1) is 0 Å². The molecule has 0 saturated heterocycles. The van der Waals surface area contributed by atoms with Crippen LogP contribution in [0.5, 0.6) is 0 Å². The van der Waals surface area contributed by atoms with Gasteiger partial charge in [-0.1, -0.05) is 6.92 Å². The molecule has 0 aliphatic rings. The van der Waals surface area contributed by atoms with Crippen molar-refractivity contribution in [3.63, 3.8) is 0 Å². The topological polar surface area (TPSA) is 43.4 Å². The number of rotatable bonds is 4. The number of carbonyl (C=O) groups excluding carboxylic acids is 2. The number of Topliss-reactive ketones (excluding diaryl/α,β-unsaturated/α-hetero) is 1. The normalized spacial score (nSPS) is 9.00. The Bertz CT molecular complexity index is 117. The van der Waals surface area contributed by atoms with Gasteiger partial charge in [0.25, 0.3) is 0 Å². The molecule has 0 aromatic carbocycles. The first-order valence-corrected chi connectivity index (χ1v) is 3.47. The van der Waals surface area contributed by atoms with E-state index in [-0.39, 0.29) is 18.3 Å².